The van der Waals surface area contributed by atoms with Gasteiger partial charge in [-0.05, 0) is 49.6 Å². The van der Waals surface area contributed by atoms with E-state index in [0.717, 1.165) is 46.3 Å². The summed E-state index contributed by atoms with van der Waals surface area (Å²) < 4.78 is 5.07. The Kier molecular flexibility index (Phi) is 6.66. The molecule has 3 aromatic heterocycles. The molecule has 1 aliphatic heterocycles. The summed E-state index contributed by atoms with van der Waals surface area (Å²) in [4.78, 5) is 30.7. The van der Waals surface area contributed by atoms with Crippen LogP contribution in [0.15, 0.2) is 37.2 Å². The van der Waals surface area contributed by atoms with E-state index < -0.39 is 0 Å². The summed E-state index contributed by atoms with van der Waals surface area (Å²) in [5.74, 6) is 1.18. The molecule has 5 rings (SSSR count). The van der Waals surface area contributed by atoms with E-state index in [9.17, 15) is 10.1 Å². The van der Waals surface area contributed by atoms with Gasteiger partial charge in [-0.15, -0.1) is 0 Å². The van der Waals surface area contributed by atoms with Crippen LogP contribution in [-0.2, 0) is 9.53 Å². The molecule has 1 amide bonds. The van der Waals surface area contributed by atoms with E-state index in [1.807, 2.05) is 30.0 Å². The van der Waals surface area contributed by atoms with Crippen LogP contribution >= 0.6 is 0 Å². The fraction of sp³-hybridized carbons (Fsp3) is 0.393. The number of rotatable bonds is 7. The van der Waals surface area contributed by atoms with Crippen molar-refractivity contribution in [2.75, 3.05) is 38.3 Å². The van der Waals surface area contributed by atoms with E-state index in [0.29, 0.717) is 50.0 Å². The van der Waals surface area contributed by atoms with Crippen LogP contribution in [0.25, 0.3) is 28.1 Å². The van der Waals surface area contributed by atoms with Crippen molar-refractivity contribution in [3.63, 3.8) is 0 Å². The number of amides is 1. The van der Waals surface area contributed by atoms with Gasteiger partial charge in [0, 0.05) is 55.9 Å². The van der Waals surface area contributed by atoms with E-state index >= 15 is 0 Å². The summed E-state index contributed by atoms with van der Waals surface area (Å²) in [6, 6.07) is 8.38. The van der Waals surface area contributed by atoms with Crippen molar-refractivity contribution >= 4 is 28.7 Å². The molecule has 0 spiro atoms. The number of methoxy groups -OCH3 is 1. The number of hydrogen-bond acceptors (Lipinski definition) is 7. The van der Waals surface area contributed by atoms with Gasteiger partial charge in [0.1, 0.15) is 11.9 Å². The van der Waals surface area contributed by atoms with Crippen LogP contribution in [0.1, 0.15) is 49.1 Å². The molecular formula is C28H30N6O2. The average Bonchev–Trinajstić information content (AvgIpc) is 3.75. The summed E-state index contributed by atoms with van der Waals surface area (Å²) in [5, 5.41) is 11.1. The van der Waals surface area contributed by atoms with Gasteiger partial charge in [-0.2, -0.15) is 5.26 Å². The molecule has 0 N–H and O–H groups in total. The van der Waals surface area contributed by atoms with Crippen molar-refractivity contribution in [2.24, 2.45) is 0 Å². The van der Waals surface area contributed by atoms with Crippen molar-refractivity contribution in [1.29, 1.82) is 5.26 Å². The highest BCUT2D eigenvalue weighted by Crippen LogP contribution is 2.46. The Hall–Kier alpha value is -3.83. The predicted octanol–water partition coefficient (Wildman–Crippen LogP) is 4.16. The van der Waals surface area contributed by atoms with Gasteiger partial charge in [-0.3, -0.25) is 9.78 Å². The zero-order chi connectivity index (χ0) is 25.2. The Bertz CT molecular complexity index is 1360. The minimum atomic E-state index is 0.0206. The van der Waals surface area contributed by atoms with Crippen molar-refractivity contribution < 1.29 is 9.53 Å². The maximum atomic E-state index is 12.6. The Labute approximate surface area is 211 Å². The molecule has 0 aromatic carbocycles. The molecule has 1 saturated heterocycles. The van der Waals surface area contributed by atoms with Gasteiger partial charge in [0.25, 0.3) is 0 Å². The molecule has 8 heteroatoms. The fourth-order valence-corrected chi connectivity index (χ4v) is 5.01. The minimum absolute atomic E-state index is 0.0206. The first-order chi connectivity index (χ1) is 17.5. The molecule has 184 valence electrons. The number of nitriles is 1. The molecule has 8 nitrogen and oxygen atoms in total. The van der Waals surface area contributed by atoms with Gasteiger partial charge in [-0.1, -0.05) is 6.58 Å². The smallest absolute Gasteiger partial charge is 0.225 e. The summed E-state index contributed by atoms with van der Waals surface area (Å²) >= 11 is 0. The first-order valence-electron chi connectivity index (χ1n) is 12.4. The number of pyridine rings is 3. The normalized spacial score (nSPS) is 17.8. The van der Waals surface area contributed by atoms with Gasteiger partial charge in [0.15, 0.2) is 0 Å². The van der Waals surface area contributed by atoms with Crippen molar-refractivity contribution in [2.45, 2.75) is 38.1 Å². The second-order valence-corrected chi connectivity index (χ2v) is 9.50. The molecule has 1 aliphatic carbocycles. The van der Waals surface area contributed by atoms with Crippen LogP contribution in [0.2, 0.25) is 0 Å². The molecule has 0 bridgehead atoms. The lowest BCUT2D eigenvalue weighted by Crippen LogP contribution is -2.54. The Morgan fingerprint density at radius 1 is 1.28 bits per heavy atom. The summed E-state index contributed by atoms with van der Waals surface area (Å²) in [6.07, 6.45) is 7.80. The first-order valence-corrected chi connectivity index (χ1v) is 12.4. The quantitative estimate of drug-likeness (QED) is 0.499. The molecule has 1 atom stereocenters. The van der Waals surface area contributed by atoms with E-state index in [1.165, 1.54) is 0 Å². The highest BCUT2D eigenvalue weighted by atomic mass is 16.5. The number of carbonyl (C=O) groups is 1. The van der Waals surface area contributed by atoms with E-state index in [4.69, 9.17) is 9.72 Å². The van der Waals surface area contributed by atoms with E-state index in [-0.39, 0.29) is 11.9 Å². The van der Waals surface area contributed by atoms with Crippen LogP contribution < -0.4 is 4.90 Å². The first kappa shape index (κ1) is 23.9. The molecule has 3 aromatic rings. The number of aromatic nitrogens is 3. The van der Waals surface area contributed by atoms with Crippen LogP contribution in [0.5, 0.6) is 0 Å². The predicted molar refractivity (Wildman–Crippen MR) is 139 cm³/mol. The topological polar surface area (TPSA) is 95.2 Å². The number of hydrogen-bond donors (Lipinski definition) is 0. The molecular weight excluding hydrogens is 452 g/mol. The number of piperazine rings is 1. The zero-order valence-corrected chi connectivity index (χ0v) is 20.8. The lowest BCUT2D eigenvalue weighted by atomic mass is 9.95. The van der Waals surface area contributed by atoms with Gasteiger partial charge in [0.05, 0.1) is 41.7 Å². The molecule has 1 saturated carbocycles. The van der Waals surface area contributed by atoms with E-state index in [2.05, 4.69) is 27.5 Å². The molecule has 2 fully saturated rings. The SMILES string of the molecule is C=Cc1cc(-c2cc(C#N)c(N3CCN(C(=O)CCOC)[C@H](C)C3)nc2C2CC2)c2ccncc2n1. The maximum Gasteiger partial charge on any atom is 0.225 e. The van der Waals surface area contributed by atoms with Crippen molar-refractivity contribution in [3.05, 3.63) is 54.1 Å². The third-order valence-electron chi connectivity index (χ3n) is 7.02. The standard InChI is InChI=1S/C28H30N6O2/c1-4-21-14-23(22-7-9-30-16-25(22)31-21)24-13-20(15-29)28(32-27(24)19-5-6-19)33-10-11-34(18(2)17-33)26(35)8-12-36-3/h4,7,9,13-14,16,18-19H,1,5-6,8,10-12,17H2,2-3H3/t18-/m1/s1. The third-order valence-corrected chi connectivity index (χ3v) is 7.02. The largest absolute Gasteiger partial charge is 0.384 e. The Morgan fingerprint density at radius 3 is 2.81 bits per heavy atom. The van der Waals surface area contributed by atoms with Gasteiger partial charge < -0.3 is 14.5 Å². The molecule has 0 radical (unpaired) electrons. The van der Waals surface area contributed by atoms with Gasteiger partial charge in [0.2, 0.25) is 5.91 Å². The number of fused-ring (bicyclic) bond motifs is 1. The monoisotopic (exact) mass is 482 g/mol. The molecule has 2 aliphatic rings. The Balaban J connectivity index is 1.54. The molecule has 4 heterocycles. The summed E-state index contributed by atoms with van der Waals surface area (Å²) in [5.41, 5.74) is 5.09. The van der Waals surface area contributed by atoms with E-state index in [1.54, 1.807) is 25.6 Å². The summed E-state index contributed by atoms with van der Waals surface area (Å²) in [7, 11) is 1.61. The highest BCUT2D eigenvalue weighted by molar-refractivity contribution is 5.96. The van der Waals surface area contributed by atoms with Crippen LogP contribution in [0.3, 0.4) is 0 Å². The number of anilines is 1. The lowest BCUT2D eigenvalue weighted by Gasteiger charge is -2.41. The number of nitrogens with zero attached hydrogens (tertiary/aromatic N) is 6. The maximum absolute atomic E-state index is 12.6. The molecule has 0 unspecified atom stereocenters. The van der Waals surface area contributed by atoms with Crippen molar-refractivity contribution in [1.82, 2.24) is 19.9 Å². The van der Waals surface area contributed by atoms with Crippen LogP contribution in [-0.4, -0.2) is 65.2 Å². The number of carbonyl (C=O) groups excluding carboxylic acids is 1. The Morgan fingerprint density at radius 2 is 2.11 bits per heavy atom. The lowest BCUT2D eigenvalue weighted by molar-refractivity contribution is -0.134. The third kappa shape index (κ3) is 4.54. The summed E-state index contributed by atoms with van der Waals surface area (Å²) in [6.45, 7) is 8.24. The second-order valence-electron chi connectivity index (χ2n) is 9.50. The number of ether oxygens (including phenoxy) is 1. The minimum Gasteiger partial charge on any atom is -0.384 e. The molecule has 36 heavy (non-hydrogen) atoms. The van der Waals surface area contributed by atoms with Gasteiger partial charge in [-0.25, -0.2) is 9.97 Å². The van der Waals surface area contributed by atoms with Gasteiger partial charge >= 0.3 is 0 Å². The van der Waals surface area contributed by atoms with Crippen LogP contribution in [0, 0.1) is 11.3 Å². The second kappa shape index (κ2) is 10.0. The average molecular weight is 483 g/mol. The zero-order valence-electron chi connectivity index (χ0n) is 20.8. The van der Waals surface area contributed by atoms with Crippen LogP contribution in [0.4, 0.5) is 5.82 Å². The fourth-order valence-electron chi connectivity index (χ4n) is 5.01. The highest BCUT2D eigenvalue weighted by Gasteiger charge is 2.33. The van der Waals surface area contributed by atoms with Crippen molar-refractivity contribution in [3.8, 4) is 17.2 Å².